The molecule has 1 heterocycles. The molecule has 0 aliphatic carbocycles. The number of nitrogens with zero attached hydrogens (tertiary/aromatic N) is 3. The van der Waals surface area contributed by atoms with Gasteiger partial charge in [-0.3, -0.25) is 4.79 Å². The van der Waals surface area contributed by atoms with Crippen molar-refractivity contribution in [3.63, 3.8) is 0 Å². The van der Waals surface area contributed by atoms with Crippen LogP contribution in [0.25, 0.3) is 0 Å². The smallest absolute Gasteiger partial charge is 0.250 e. The largest absolute Gasteiger partial charge is 0.497 e. The topological polar surface area (TPSA) is 74.3 Å². The van der Waals surface area contributed by atoms with E-state index in [1.807, 2.05) is 44.2 Å². The molecule has 1 unspecified atom stereocenters. The molecular formula is C27H40N4O4S. The summed E-state index contributed by atoms with van der Waals surface area (Å²) in [4.78, 5) is 17.9. The van der Waals surface area contributed by atoms with Crippen molar-refractivity contribution < 1.29 is 18.5 Å². The Morgan fingerprint density at radius 3 is 2.39 bits per heavy atom. The van der Waals surface area contributed by atoms with E-state index in [2.05, 4.69) is 35.3 Å². The fraction of sp³-hybridized carbons (Fsp3) is 0.519. The SMILES string of the molecule is COc1cc(C)c(S(=O)N(C)CCOCC(=O)Nc2cccc(N3CCC(N(C)C)CC3)c2)c(C)c1. The summed E-state index contributed by atoms with van der Waals surface area (Å²) in [7, 11) is 6.36. The van der Waals surface area contributed by atoms with Crippen LogP contribution in [0.5, 0.6) is 5.75 Å². The number of hydrogen-bond acceptors (Lipinski definition) is 6. The molecule has 1 N–H and O–H groups in total. The van der Waals surface area contributed by atoms with E-state index in [1.54, 1.807) is 18.5 Å². The van der Waals surface area contributed by atoms with Crippen molar-refractivity contribution in [3.8, 4) is 5.75 Å². The summed E-state index contributed by atoms with van der Waals surface area (Å²) in [5.41, 5.74) is 3.72. The average molecular weight is 517 g/mol. The lowest BCUT2D eigenvalue weighted by Gasteiger charge is -2.36. The van der Waals surface area contributed by atoms with Crippen LogP contribution >= 0.6 is 0 Å². The van der Waals surface area contributed by atoms with E-state index in [4.69, 9.17) is 9.47 Å². The highest BCUT2D eigenvalue weighted by atomic mass is 32.2. The Morgan fingerprint density at radius 1 is 1.11 bits per heavy atom. The van der Waals surface area contributed by atoms with Crippen molar-refractivity contribution >= 4 is 28.3 Å². The fourth-order valence-corrected chi connectivity index (χ4v) is 5.74. The Kier molecular flexibility index (Phi) is 10.3. The highest BCUT2D eigenvalue weighted by Crippen LogP contribution is 2.26. The number of ether oxygens (including phenoxy) is 2. The third kappa shape index (κ3) is 7.52. The molecule has 2 aromatic rings. The number of rotatable bonds is 11. The number of piperidine rings is 1. The van der Waals surface area contributed by atoms with Crippen molar-refractivity contribution in [1.82, 2.24) is 9.21 Å². The molecule has 1 fully saturated rings. The molecule has 1 aliphatic heterocycles. The highest BCUT2D eigenvalue weighted by Gasteiger charge is 2.21. The van der Waals surface area contributed by atoms with Gasteiger partial charge in [-0.15, -0.1) is 0 Å². The second-order valence-electron chi connectivity index (χ2n) is 9.52. The van der Waals surface area contributed by atoms with Gasteiger partial charge >= 0.3 is 0 Å². The second-order valence-corrected chi connectivity index (χ2v) is 11.1. The summed E-state index contributed by atoms with van der Waals surface area (Å²) in [6.07, 6.45) is 2.27. The summed E-state index contributed by atoms with van der Waals surface area (Å²) < 4.78 is 25.6. The maximum atomic E-state index is 13.0. The van der Waals surface area contributed by atoms with Gasteiger partial charge in [-0.1, -0.05) is 6.07 Å². The Bertz CT molecular complexity index is 1030. The van der Waals surface area contributed by atoms with Gasteiger partial charge in [0.05, 0.1) is 18.6 Å². The number of likely N-dealkylation sites (N-methyl/N-ethyl adjacent to an activating group) is 1. The average Bonchev–Trinajstić information content (AvgIpc) is 2.86. The van der Waals surface area contributed by atoms with Crippen molar-refractivity contribution in [3.05, 3.63) is 47.5 Å². The minimum Gasteiger partial charge on any atom is -0.497 e. The lowest BCUT2D eigenvalue weighted by Crippen LogP contribution is -2.42. The van der Waals surface area contributed by atoms with Crippen LogP contribution in [0.1, 0.15) is 24.0 Å². The van der Waals surface area contributed by atoms with Crippen LogP contribution in [0.2, 0.25) is 0 Å². The summed E-state index contributed by atoms with van der Waals surface area (Å²) in [6.45, 7) is 6.55. The first-order valence-electron chi connectivity index (χ1n) is 12.4. The van der Waals surface area contributed by atoms with E-state index in [0.717, 1.165) is 59.1 Å². The van der Waals surface area contributed by atoms with Crippen LogP contribution in [0, 0.1) is 13.8 Å². The zero-order valence-corrected chi connectivity index (χ0v) is 23.2. The van der Waals surface area contributed by atoms with Gasteiger partial charge in [0.2, 0.25) is 5.91 Å². The maximum absolute atomic E-state index is 13.0. The van der Waals surface area contributed by atoms with Crippen LogP contribution in [0.15, 0.2) is 41.3 Å². The molecule has 1 saturated heterocycles. The first-order chi connectivity index (χ1) is 17.2. The van der Waals surface area contributed by atoms with E-state index in [-0.39, 0.29) is 12.5 Å². The molecule has 36 heavy (non-hydrogen) atoms. The summed E-state index contributed by atoms with van der Waals surface area (Å²) >= 11 is 0. The van der Waals surface area contributed by atoms with E-state index in [0.29, 0.717) is 19.2 Å². The number of nitrogens with one attached hydrogen (secondary N) is 1. The van der Waals surface area contributed by atoms with Crippen LogP contribution in [-0.4, -0.2) is 86.5 Å². The Hall–Kier alpha value is -2.46. The van der Waals surface area contributed by atoms with E-state index in [1.165, 1.54) is 0 Å². The number of carbonyl (C=O) groups excluding carboxylic acids is 1. The van der Waals surface area contributed by atoms with Crippen LogP contribution in [-0.2, 0) is 20.5 Å². The normalized spacial score (nSPS) is 15.4. The lowest BCUT2D eigenvalue weighted by atomic mass is 10.0. The first kappa shape index (κ1) is 28.1. The quantitative estimate of drug-likeness (QED) is 0.461. The Morgan fingerprint density at radius 2 is 1.78 bits per heavy atom. The monoisotopic (exact) mass is 516 g/mol. The lowest BCUT2D eigenvalue weighted by molar-refractivity contribution is -0.120. The molecule has 0 bridgehead atoms. The number of anilines is 2. The molecule has 198 valence electrons. The molecule has 3 rings (SSSR count). The molecule has 0 radical (unpaired) electrons. The van der Waals surface area contributed by atoms with Crippen LogP contribution < -0.4 is 15.0 Å². The number of aryl methyl sites for hydroxylation is 2. The fourth-order valence-electron chi connectivity index (χ4n) is 4.52. The third-order valence-electron chi connectivity index (χ3n) is 6.60. The molecule has 0 aromatic heterocycles. The first-order valence-corrected chi connectivity index (χ1v) is 13.5. The standard InChI is InChI=1S/C27H40N4O4S/c1-20-16-25(34-6)17-21(2)27(20)36(33)30(5)14-15-35-19-26(32)28-22-8-7-9-24(18-22)31-12-10-23(11-13-31)29(3)4/h7-9,16-18,23H,10-15,19H2,1-6H3,(H,28,32). The number of methoxy groups -OCH3 is 1. The van der Waals surface area contributed by atoms with E-state index in [9.17, 15) is 9.00 Å². The molecule has 2 aromatic carbocycles. The molecule has 1 atom stereocenters. The number of amides is 1. The van der Waals surface area contributed by atoms with Crippen molar-refractivity contribution in [2.24, 2.45) is 0 Å². The number of carbonyl (C=O) groups is 1. The molecule has 0 saturated carbocycles. The summed E-state index contributed by atoms with van der Waals surface area (Å²) in [5.74, 6) is 0.547. The minimum atomic E-state index is -1.33. The maximum Gasteiger partial charge on any atom is 0.250 e. The zero-order chi connectivity index (χ0) is 26.2. The summed E-state index contributed by atoms with van der Waals surface area (Å²) in [5, 5.41) is 2.93. The highest BCUT2D eigenvalue weighted by molar-refractivity contribution is 7.82. The van der Waals surface area contributed by atoms with E-state index < -0.39 is 11.0 Å². The Labute approximate surface area is 218 Å². The minimum absolute atomic E-state index is 0.0560. The van der Waals surface area contributed by atoms with E-state index >= 15 is 0 Å². The molecule has 9 heteroatoms. The van der Waals surface area contributed by atoms with Gasteiger partial charge in [0, 0.05) is 44.1 Å². The Balaban J connectivity index is 1.43. The third-order valence-corrected chi connectivity index (χ3v) is 8.34. The van der Waals surface area contributed by atoms with Gasteiger partial charge in [0.15, 0.2) is 0 Å². The van der Waals surface area contributed by atoms with Crippen molar-refractivity contribution in [2.75, 3.05) is 71.3 Å². The molecule has 1 amide bonds. The predicted octanol–water partition coefficient (Wildman–Crippen LogP) is 3.45. The van der Waals surface area contributed by atoms with Crippen molar-refractivity contribution in [2.45, 2.75) is 37.6 Å². The van der Waals surface area contributed by atoms with Crippen molar-refractivity contribution in [1.29, 1.82) is 0 Å². The molecular weight excluding hydrogens is 476 g/mol. The van der Waals surface area contributed by atoms with Gasteiger partial charge in [0.1, 0.15) is 23.3 Å². The molecule has 0 spiro atoms. The van der Waals surface area contributed by atoms with Gasteiger partial charge in [-0.2, -0.15) is 0 Å². The summed E-state index contributed by atoms with van der Waals surface area (Å²) in [6, 6.07) is 12.4. The molecule has 1 aliphatic rings. The van der Waals surface area contributed by atoms with Crippen LogP contribution in [0.4, 0.5) is 11.4 Å². The van der Waals surface area contributed by atoms with Gasteiger partial charge in [-0.05, 0) is 82.2 Å². The van der Waals surface area contributed by atoms with Gasteiger partial charge in [-0.25, -0.2) is 8.51 Å². The predicted molar refractivity (Wildman–Crippen MR) is 146 cm³/mol. The number of benzene rings is 2. The van der Waals surface area contributed by atoms with Gasteiger partial charge < -0.3 is 24.6 Å². The number of hydrogen-bond donors (Lipinski definition) is 1. The van der Waals surface area contributed by atoms with Gasteiger partial charge in [0.25, 0.3) is 0 Å². The zero-order valence-electron chi connectivity index (χ0n) is 22.4. The second kappa shape index (κ2) is 13.2. The molecule has 8 nitrogen and oxygen atoms in total. The van der Waals surface area contributed by atoms with Crippen LogP contribution in [0.3, 0.4) is 0 Å².